The summed E-state index contributed by atoms with van der Waals surface area (Å²) in [4.78, 5) is 0. The zero-order chi connectivity index (χ0) is 10.7. The highest BCUT2D eigenvalue weighted by atomic mass is 35.5. The molecule has 0 spiro atoms. The lowest BCUT2D eigenvalue weighted by atomic mass is 10.1. The molecule has 1 atom stereocenters. The topological polar surface area (TPSA) is 12.0 Å². The first-order chi connectivity index (χ1) is 7.25. The molecule has 1 aromatic carbocycles. The zero-order valence-electron chi connectivity index (χ0n) is 9.17. The fraction of sp³-hybridized carbons (Fsp3) is 0.538. The van der Waals surface area contributed by atoms with Gasteiger partial charge in [-0.15, -0.1) is 0 Å². The van der Waals surface area contributed by atoms with Gasteiger partial charge in [-0.1, -0.05) is 36.6 Å². The van der Waals surface area contributed by atoms with E-state index in [2.05, 4.69) is 24.4 Å². The Morgan fingerprint density at radius 1 is 1.33 bits per heavy atom. The van der Waals surface area contributed by atoms with Crippen molar-refractivity contribution in [2.45, 2.75) is 32.2 Å². The maximum atomic E-state index is 5.85. The third-order valence-corrected chi connectivity index (χ3v) is 3.32. The van der Waals surface area contributed by atoms with Crippen molar-refractivity contribution in [3.05, 3.63) is 34.9 Å². The number of nitrogens with one attached hydrogen (secondary N) is 1. The highest BCUT2D eigenvalue weighted by molar-refractivity contribution is 6.30. The van der Waals surface area contributed by atoms with Crippen LogP contribution in [-0.2, 0) is 0 Å². The Morgan fingerprint density at radius 2 is 2.00 bits per heavy atom. The smallest absolute Gasteiger partial charge is 0.0406 e. The molecule has 0 saturated heterocycles. The van der Waals surface area contributed by atoms with Crippen LogP contribution in [0.4, 0.5) is 0 Å². The van der Waals surface area contributed by atoms with Gasteiger partial charge in [0.05, 0.1) is 0 Å². The second-order valence-electron chi connectivity index (χ2n) is 4.46. The van der Waals surface area contributed by atoms with Crippen molar-refractivity contribution in [2.75, 3.05) is 6.54 Å². The van der Waals surface area contributed by atoms with E-state index in [0.29, 0.717) is 6.04 Å². The van der Waals surface area contributed by atoms with E-state index in [9.17, 15) is 0 Å². The van der Waals surface area contributed by atoms with Gasteiger partial charge in [0.15, 0.2) is 0 Å². The van der Waals surface area contributed by atoms with Gasteiger partial charge in [-0.3, -0.25) is 0 Å². The van der Waals surface area contributed by atoms with Crippen LogP contribution in [0, 0.1) is 5.92 Å². The second-order valence-corrected chi connectivity index (χ2v) is 4.90. The summed E-state index contributed by atoms with van der Waals surface area (Å²) in [5.74, 6) is 1.01. The summed E-state index contributed by atoms with van der Waals surface area (Å²) in [7, 11) is 0. The van der Waals surface area contributed by atoms with Crippen molar-refractivity contribution >= 4 is 11.6 Å². The van der Waals surface area contributed by atoms with E-state index >= 15 is 0 Å². The third-order valence-electron chi connectivity index (χ3n) is 3.07. The summed E-state index contributed by atoms with van der Waals surface area (Å²) in [6.45, 7) is 3.34. The van der Waals surface area contributed by atoms with Crippen LogP contribution in [0.3, 0.4) is 0 Å². The minimum absolute atomic E-state index is 0.431. The number of benzene rings is 1. The molecule has 1 fully saturated rings. The lowest BCUT2D eigenvalue weighted by molar-refractivity contribution is 0.540. The molecule has 1 aromatic rings. The first-order valence-electron chi connectivity index (χ1n) is 5.74. The number of hydrogen-bond donors (Lipinski definition) is 1. The zero-order valence-corrected chi connectivity index (χ0v) is 9.93. The van der Waals surface area contributed by atoms with Crippen LogP contribution in [0.1, 0.15) is 37.8 Å². The first kappa shape index (κ1) is 11.0. The summed E-state index contributed by atoms with van der Waals surface area (Å²) in [5.41, 5.74) is 1.31. The van der Waals surface area contributed by atoms with Crippen LogP contribution in [0.15, 0.2) is 24.3 Å². The maximum Gasteiger partial charge on any atom is 0.0406 e. The van der Waals surface area contributed by atoms with E-state index in [1.807, 2.05) is 12.1 Å². The summed E-state index contributed by atoms with van der Waals surface area (Å²) in [5, 5.41) is 4.36. The summed E-state index contributed by atoms with van der Waals surface area (Å²) < 4.78 is 0. The average molecular weight is 224 g/mol. The minimum atomic E-state index is 0.431. The molecule has 2 rings (SSSR count). The largest absolute Gasteiger partial charge is 0.310 e. The van der Waals surface area contributed by atoms with Crippen molar-refractivity contribution in [1.29, 1.82) is 0 Å². The lowest BCUT2D eigenvalue weighted by Gasteiger charge is -2.14. The van der Waals surface area contributed by atoms with Crippen molar-refractivity contribution in [1.82, 2.24) is 5.32 Å². The second kappa shape index (κ2) is 5.00. The Hall–Kier alpha value is -0.530. The van der Waals surface area contributed by atoms with Gasteiger partial charge < -0.3 is 5.32 Å². The van der Waals surface area contributed by atoms with Gasteiger partial charge in [-0.25, -0.2) is 0 Å². The number of rotatable bonds is 5. The Balaban J connectivity index is 1.78. The average Bonchev–Trinajstić information content (AvgIpc) is 3.02. The molecule has 1 saturated carbocycles. The number of hydrogen-bond acceptors (Lipinski definition) is 1. The molecule has 2 heteroatoms. The van der Waals surface area contributed by atoms with Crippen molar-refractivity contribution in [2.24, 2.45) is 5.92 Å². The van der Waals surface area contributed by atoms with Gasteiger partial charge in [-0.05, 0) is 43.5 Å². The molecular formula is C13H18ClN. The fourth-order valence-corrected chi connectivity index (χ4v) is 1.91. The van der Waals surface area contributed by atoms with Crippen LogP contribution < -0.4 is 5.32 Å². The molecule has 1 N–H and O–H groups in total. The van der Waals surface area contributed by atoms with E-state index in [1.165, 1.54) is 24.8 Å². The quantitative estimate of drug-likeness (QED) is 0.801. The third kappa shape index (κ3) is 3.51. The molecule has 0 bridgehead atoms. The molecule has 0 amide bonds. The molecule has 0 heterocycles. The summed E-state index contributed by atoms with van der Waals surface area (Å²) >= 11 is 5.85. The Bertz CT molecular complexity index is 303. The molecule has 1 nitrogen and oxygen atoms in total. The van der Waals surface area contributed by atoms with E-state index in [1.54, 1.807) is 0 Å². The van der Waals surface area contributed by atoms with Crippen molar-refractivity contribution in [3.8, 4) is 0 Å². The van der Waals surface area contributed by atoms with Crippen molar-refractivity contribution in [3.63, 3.8) is 0 Å². The summed E-state index contributed by atoms with van der Waals surface area (Å²) in [6.07, 6.45) is 4.21. The minimum Gasteiger partial charge on any atom is -0.310 e. The van der Waals surface area contributed by atoms with Crippen LogP contribution >= 0.6 is 11.6 Å². The van der Waals surface area contributed by atoms with Gasteiger partial charge in [-0.2, -0.15) is 0 Å². The predicted octanol–water partition coefficient (Wildman–Crippen LogP) is 3.79. The molecular weight excluding hydrogens is 206 g/mol. The Kier molecular flexibility index (Phi) is 3.66. The maximum absolute atomic E-state index is 5.85. The molecule has 0 aromatic heterocycles. The Labute approximate surface area is 96.8 Å². The van der Waals surface area contributed by atoms with Gasteiger partial charge in [0.25, 0.3) is 0 Å². The molecule has 0 radical (unpaired) electrons. The van der Waals surface area contributed by atoms with Gasteiger partial charge in [0.2, 0.25) is 0 Å². The lowest BCUT2D eigenvalue weighted by Crippen LogP contribution is -2.20. The molecule has 82 valence electrons. The highest BCUT2D eigenvalue weighted by Crippen LogP contribution is 2.31. The van der Waals surface area contributed by atoms with E-state index in [-0.39, 0.29) is 0 Å². The predicted molar refractivity (Wildman–Crippen MR) is 65.2 cm³/mol. The molecule has 0 aliphatic heterocycles. The van der Waals surface area contributed by atoms with Crippen molar-refractivity contribution < 1.29 is 0 Å². The number of halogens is 1. The summed E-state index contributed by atoms with van der Waals surface area (Å²) in [6, 6.07) is 8.53. The normalized spacial score (nSPS) is 17.7. The fourth-order valence-electron chi connectivity index (χ4n) is 1.78. The van der Waals surface area contributed by atoms with Gasteiger partial charge in [0, 0.05) is 11.1 Å². The molecule has 1 aliphatic rings. The van der Waals surface area contributed by atoms with Crippen LogP contribution in [0.25, 0.3) is 0 Å². The molecule has 1 unspecified atom stereocenters. The standard InChI is InChI=1S/C13H18ClN/c1-10(15-9-8-11-2-3-11)12-4-6-13(14)7-5-12/h4-7,10-11,15H,2-3,8-9H2,1H3. The van der Waals surface area contributed by atoms with Crippen LogP contribution in [0.2, 0.25) is 5.02 Å². The van der Waals surface area contributed by atoms with E-state index in [4.69, 9.17) is 11.6 Å². The Morgan fingerprint density at radius 3 is 2.60 bits per heavy atom. The van der Waals surface area contributed by atoms with Gasteiger partial charge >= 0.3 is 0 Å². The SMILES string of the molecule is CC(NCCC1CC1)c1ccc(Cl)cc1. The monoisotopic (exact) mass is 223 g/mol. The van der Waals surface area contributed by atoms with Crippen LogP contribution in [0.5, 0.6) is 0 Å². The highest BCUT2D eigenvalue weighted by Gasteiger charge is 2.20. The van der Waals surface area contributed by atoms with E-state index in [0.717, 1.165) is 17.5 Å². The van der Waals surface area contributed by atoms with Crippen LogP contribution in [-0.4, -0.2) is 6.54 Å². The first-order valence-corrected chi connectivity index (χ1v) is 6.12. The molecule has 15 heavy (non-hydrogen) atoms. The van der Waals surface area contributed by atoms with E-state index < -0.39 is 0 Å². The molecule has 1 aliphatic carbocycles. The van der Waals surface area contributed by atoms with Gasteiger partial charge in [0.1, 0.15) is 0 Å².